The number of aromatic nitrogens is 3. The summed E-state index contributed by atoms with van der Waals surface area (Å²) < 4.78 is 13.0. The maximum atomic E-state index is 13.0. The number of amides is 1. The number of fused-ring (bicyclic) bond motifs is 1. The third kappa shape index (κ3) is 4.18. The molecule has 31 heavy (non-hydrogen) atoms. The molecular weight excluding hydrogens is 395 g/mol. The van der Waals surface area contributed by atoms with Crippen LogP contribution in [0.15, 0.2) is 60.8 Å². The van der Waals surface area contributed by atoms with E-state index in [1.165, 1.54) is 30.7 Å². The highest BCUT2D eigenvalue weighted by atomic mass is 19.1. The third-order valence-corrected chi connectivity index (χ3v) is 5.37. The van der Waals surface area contributed by atoms with Gasteiger partial charge in [0.2, 0.25) is 5.95 Å². The summed E-state index contributed by atoms with van der Waals surface area (Å²) in [7, 11) is 0. The molecule has 1 saturated carbocycles. The Morgan fingerprint density at radius 1 is 0.968 bits per heavy atom. The molecule has 0 bridgehead atoms. The van der Waals surface area contributed by atoms with Gasteiger partial charge in [-0.15, -0.1) is 0 Å². The minimum atomic E-state index is -0.348. The van der Waals surface area contributed by atoms with Crippen LogP contribution < -0.4 is 16.0 Å². The smallest absolute Gasteiger partial charge is 0.255 e. The monoisotopic (exact) mass is 416 g/mol. The van der Waals surface area contributed by atoms with Crippen LogP contribution in [0.25, 0.3) is 11.0 Å². The Balaban J connectivity index is 1.30. The number of benzene rings is 2. The standard InChI is InChI=1S/C23H21FN6O/c24-15-6-10-17(11-7-15)27-22(31)14-4-8-18(9-5-14)28-23-29-20-19(12-13-25-20)21(30-23)26-16-2-1-3-16/h4-13,16H,1-3H2,(H,27,31)(H3,25,26,28,29,30). The number of H-pyrrole nitrogens is 1. The lowest BCUT2D eigenvalue weighted by Crippen LogP contribution is -2.27. The van der Waals surface area contributed by atoms with E-state index in [4.69, 9.17) is 0 Å². The van der Waals surface area contributed by atoms with Gasteiger partial charge >= 0.3 is 0 Å². The van der Waals surface area contributed by atoms with E-state index in [9.17, 15) is 9.18 Å². The van der Waals surface area contributed by atoms with Gasteiger partial charge in [0.05, 0.1) is 5.39 Å². The lowest BCUT2D eigenvalue weighted by atomic mass is 9.93. The SMILES string of the molecule is O=C(Nc1ccc(F)cc1)c1ccc(Nc2nc(NC3CCC3)c3cc[nH]c3n2)cc1. The molecule has 1 fully saturated rings. The number of halogens is 1. The highest BCUT2D eigenvalue weighted by Gasteiger charge is 2.19. The summed E-state index contributed by atoms with van der Waals surface area (Å²) in [5, 5.41) is 10.4. The van der Waals surface area contributed by atoms with Gasteiger partial charge in [-0.1, -0.05) is 0 Å². The Bertz CT molecular complexity index is 1220. The number of carbonyl (C=O) groups is 1. The van der Waals surface area contributed by atoms with Crippen molar-refractivity contribution in [3.63, 3.8) is 0 Å². The van der Waals surface area contributed by atoms with Crippen LogP contribution in [0, 0.1) is 5.82 Å². The first-order valence-corrected chi connectivity index (χ1v) is 10.2. The van der Waals surface area contributed by atoms with Crippen molar-refractivity contribution in [3.8, 4) is 0 Å². The van der Waals surface area contributed by atoms with E-state index < -0.39 is 0 Å². The fourth-order valence-corrected chi connectivity index (χ4v) is 3.42. The van der Waals surface area contributed by atoms with Gasteiger partial charge in [-0.05, 0) is 73.9 Å². The molecule has 5 rings (SSSR count). The van der Waals surface area contributed by atoms with Gasteiger partial charge in [0.15, 0.2) is 0 Å². The number of hydrogen-bond acceptors (Lipinski definition) is 5. The molecule has 0 unspecified atom stereocenters. The summed E-state index contributed by atoms with van der Waals surface area (Å²) >= 11 is 0. The first-order chi connectivity index (χ1) is 15.1. The van der Waals surface area contributed by atoms with E-state index in [1.54, 1.807) is 24.3 Å². The zero-order valence-electron chi connectivity index (χ0n) is 16.7. The van der Waals surface area contributed by atoms with Crippen molar-refractivity contribution in [1.29, 1.82) is 0 Å². The lowest BCUT2D eigenvalue weighted by molar-refractivity contribution is 0.102. The van der Waals surface area contributed by atoms with Crippen LogP contribution in [0.5, 0.6) is 0 Å². The quantitative estimate of drug-likeness (QED) is 0.353. The minimum absolute atomic E-state index is 0.269. The molecule has 2 aromatic heterocycles. The Kier molecular flexibility index (Phi) is 4.95. The molecule has 2 heterocycles. The van der Waals surface area contributed by atoms with Gasteiger partial charge in [0.25, 0.3) is 5.91 Å². The second-order valence-electron chi connectivity index (χ2n) is 7.57. The molecule has 1 aliphatic rings. The Hall–Kier alpha value is -3.94. The van der Waals surface area contributed by atoms with Gasteiger partial charge < -0.3 is 20.9 Å². The zero-order chi connectivity index (χ0) is 21.2. The molecule has 4 N–H and O–H groups in total. The fourth-order valence-electron chi connectivity index (χ4n) is 3.42. The molecule has 4 aromatic rings. The molecule has 8 heteroatoms. The second-order valence-corrected chi connectivity index (χ2v) is 7.57. The summed E-state index contributed by atoms with van der Waals surface area (Å²) in [5.74, 6) is 0.669. The molecule has 0 aliphatic heterocycles. The molecule has 7 nitrogen and oxygen atoms in total. The number of nitrogens with zero attached hydrogens (tertiary/aromatic N) is 2. The van der Waals surface area contributed by atoms with E-state index >= 15 is 0 Å². The van der Waals surface area contributed by atoms with Crippen molar-refractivity contribution >= 4 is 40.1 Å². The predicted molar refractivity (Wildman–Crippen MR) is 119 cm³/mol. The predicted octanol–water partition coefficient (Wildman–Crippen LogP) is 5.06. The molecule has 1 aliphatic carbocycles. The van der Waals surface area contributed by atoms with E-state index in [-0.39, 0.29) is 11.7 Å². The normalized spacial score (nSPS) is 13.6. The fraction of sp³-hybridized carbons (Fsp3) is 0.174. The van der Waals surface area contributed by atoms with Gasteiger partial charge in [-0.25, -0.2) is 4.39 Å². The summed E-state index contributed by atoms with van der Waals surface area (Å²) in [6, 6.07) is 15.1. The molecule has 1 amide bonds. The maximum Gasteiger partial charge on any atom is 0.255 e. The van der Waals surface area contributed by atoms with Gasteiger partial charge in [0.1, 0.15) is 17.3 Å². The minimum Gasteiger partial charge on any atom is -0.367 e. The summed E-state index contributed by atoms with van der Waals surface area (Å²) in [5.41, 5.74) is 2.55. The van der Waals surface area contributed by atoms with Crippen molar-refractivity contribution in [2.75, 3.05) is 16.0 Å². The van der Waals surface area contributed by atoms with Crippen molar-refractivity contribution < 1.29 is 9.18 Å². The van der Waals surface area contributed by atoms with Crippen LogP contribution in [0.3, 0.4) is 0 Å². The molecule has 0 radical (unpaired) electrons. The Morgan fingerprint density at radius 3 is 2.42 bits per heavy atom. The van der Waals surface area contributed by atoms with Crippen molar-refractivity contribution in [3.05, 3.63) is 72.2 Å². The number of nitrogens with one attached hydrogen (secondary N) is 4. The molecular formula is C23H21FN6O. The number of rotatable bonds is 6. The molecule has 0 spiro atoms. The molecule has 2 aromatic carbocycles. The van der Waals surface area contributed by atoms with Gasteiger partial charge in [-0.2, -0.15) is 9.97 Å². The van der Waals surface area contributed by atoms with Crippen molar-refractivity contribution in [2.24, 2.45) is 0 Å². The average Bonchev–Trinajstić information content (AvgIpc) is 3.21. The van der Waals surface area contributed by atoms with Gasteiger partial charge in [-0.3, -0.25) is 4.79 Å². The molecule has 0 saturated heterocycles. The number of aromatic amines is 1. The van der Waals surface area contributed by atoms with E-state index in [2.05, 4.69) is 30.9 Å². The van der Waals surface area contributed by atoms with Gasteiger partial charge in [0, 0.05) is 29.2 Å². The Labute approximate surface area is 178 Å². The number of hydrogen-bond donors (Lipinski definition) is 4. The molecule has 0 atom stereocenters. The van der Waals surface area contributed by atoms with Crippen LogP contribution in [0.4, 0.5) is 27.5 Å². The topological polar surface area (TPSA) is 94.7 Å². The first kappa shape index (κ1) is 19.0. The number of carbonyl (C=O) groups excluding carboxylic acids is 1. The van der Waals surface area contributed by atoms with Crippen LogP contribution in [-0.2, 0) is 0 Å². The first-order valence-electron chi connectivity index (χ1n) is 10.2. The van der Waals surface area contributed by atoms with Crippen molar-refractivity contribution in [2.45, 2.75) is 25.3 Å². The zero-order valence-corrected chi connectivity index (χ0v) is 16.7. The third-order valence-electron chi connectivity index (χ3n) is 5.37. The van der Waals surface area contributed by atoms with E-state index in [0.717, 1.165) is 35.4 Å². The summed E-state index contributed by atoms with van der Waals surface area (Å²) in [6.07, 6.45) is 5.40. The van der Waals surface area contributed by atoms with E-state index in [1.807, 2.05) is 12.3 Å². The van der Waals surface area contributed by atoms with Crippen LogP contribution in [0.1, 0.15) is 29.6 Å². The summed E-state index contributed by atoms with van der Waals surface area (Å²) in [6.45, 7) is 0. The largest absolute Gasteiger partial charge is 0.367 e. The second kappa shape index (κ2) is 8.06. The van der Waals surface area contributed by atoms with Crippen LogP contribution in [-0.4, -0.2) is 26.9 Å². The van der Waals surface area contributed by atoms with E-state index in [0.29, 0.717) is 23.2 Å². The highest BCUT2D eigenvalue weighted by Crippen LogP contribution is 2.28. The molecule has 156 valence electrons. The number of anilines is 4. The highest BCUT2D eigenvalue weighted by molar-refractivity contribution is 6.04. The average molecular weight is 416 g/mol. The summed E-state index contributed by atoms with van der Waals surface area (Å²) in [4.78, 5) is 24.7. The van der Waals surface area contributed by atoms with Crippen molar-refractivity contribution in [1.82, 2.24) is 15.0 Å². The van der Waals surface area contributed by atoms with Crippen LogP contribution >= 0.6 is 0 Å². The Morgan fingerprint density at radius 2 is 1.71 bits per heavy atom. The maximum absolute atomic E-state index is 13.0. The lowest BCUT2D eigenvalue weighted by Gasteiger charge is -2.27. The van der Waals surface area contributed by atoms with Crippen LogP contribution in [0.2, 0.25) is 0 Å².